The SMILES string of the molecule is COc1ccc(/C=C2\C(=O)NC(=S)N(c3ccc(C)cc3C)C2=O)c(OC)c1OC. The van der Waals surface area contributed by atoms with Gasteiger partial charge in [-0.3, -0.25) is 19.8 Å². The maximum atomic E-state index is 13.3. The van der Waals surface area contributed by atoms with Crippen molar-refractivity contribution < 1.29 is 23.8 Å². The maximum absolute atomic E-state index is 13.3. The zero-order chi connectivity index (χ0) is 22.0. The standard InChI is InChI=1S/C22H22N2O5S/c1-12-6-8-16(13(2)10-12)24-21(26)15(20(25)23-22(24)30)11-14-7-9-17(27-3)19(29-5)18(14)28-4/h6-11H,1-5H3,(H,23,25,30)/b15-11+. The second-order valence-corrected chi connectivity index (χ2v) is 7.06. The summed E-state index contributed by atoms with van der Waals surface area (Å²) in [4.78, 5) is 27.2. The number of nitrogens with one attached hydrogen (secondary N) is 1. The van der Waals surface area contributed by atoms with Crippen LogP contribution in [0.1, 0.15) is 16.7 Å². The van der Waals surface area contributed by atoms with Crippen LogP contribution in [-0.4, -0.2) is 38.3 Å². The van der Waals surface area contributed by atoms with Crippen LogP contribution in [0.3, 0.4) is 0 Å². The highest BCUT2D eigenvalue weighted by molar-refractivity contribution is 7.80. The minimum absolute atomic E-state index is 0.0355. The summed E-state index contributed by atoms with van der Waals surface area (Å²) in [6.45, 7) is 3.85. The van der Waals surface area contributed by atoms with E-state index in [1.165, 1.54) is 32.3 Å². The van der Waals surface area contributed by atoms with Gasteiger partial charge >= 0.3 is 0 Å². The summed E-state index contributed by atoms with van der Waals surface area (Å²) < 4.78 is 16.1. The third-order valence-electron chi connectivity index (χ3n) is 4.73. The van der Waals surface area contributed by atoms with Gasteiger partial charge in [0, 0.05) is 5.56 Å². The smallest absolute Gasteiger partial charge is 0.270 e. The normalized spacial score (nSPS) is 15.3. The van der Waals surface area contributed by atoms with Gasteiger partial charge in [0.1, 0.15) is 5.57 Å². The Morgan fingerprint density at radius 3 is 2.27 bits per heavy atom. The monoisotopic (exact) mass is 426 g/mol. The number of thiocarbonyl (C=S) groups is 1. The number of benzene rings is 2. The number of amides is 2. The Labute approximate surface area is 180 Å². The molecule has 0 unspecified atom stereocenters. The van der Waals surface area contributed by atoms with E-state index in [1.807, 2.05) is 26.0 Å². The Morgan fingerprint density at radius 1 is 0.967 bits per heavy atom. The van der Waals surface area contributed by atoms with Crippen LogP contribution in [0.2, 0.25) is 0 Å². The van der Waals surface area contributed by atoms with E-state index in [9.17, 15) is 9.59 Å². The molecule has 1 N–H and O–H groups in total. The molecule has 0 spiro atoms. The third-order valence-corrected chi connectivity index (χ3v) is 5.01. The first-order valence-electron chi connectivity index (χ1n) is 9.10. The van der Waals surface area contributed by atoms with Gasteiger partial charge in [-0.1, -0.05) is 17.7 Å². The fraction of sp³-hybridized carbons (Fsp3) is 0.227. The largest absolute Gasteiger partial charge is 0.493 e. The predicted molar refractivity (Wildman–Crippen MR) is 118 cm³/mol. The van der Waals surface area contributed by atoms with Gasteiger partial charge in [-0.2, -0.15) is 0 Å². The van der Waals surface area contributed by atoms with Crippen molar-refractivity contribution in [3.05, 3.63) is 52.6 Å². The summed E-state index contributed by atoms with van der Waals surface area (Å²) in [5.74, 6) is 0.0698. The topological polar surface area (TPSA) is 77.1 Å². The van der Waals surface area contributed by atoms with Gasteiger partial charge in [0.2, 0.25) is 5.75 Å². The van der Waals surface area contributed by atoms with Crippen LogP contribution in [0.5, 0.6) is 17.2 Å². The lowest BCUT2D eigenvalue weighted by molar-refractivity contribution is -0.122. The second-order valence-electron chi connectivity index (χ2n) is 6.67. The quantitative estimate of drug-likeness (QED) is 0.450. The van der Waals surface area contributed by atoms with Crippen molar-refractivity contribution in [2.24, 2.45) is 0 Å². The molecule has 2 aromatic rings. The first-order chi connectivity index (χ1) is 14.3. The van der Waals surface area contributed by atoms with E-state index in [0.717, 1.165) is 11.1 Å². The van der Waals surface area contributed by atoms with Crippen molar-refractivity contribution in [1.82, 2.24) is 5.32 Å². The van der Waals surface area contributed by atoms with Crippen LogP contribution in [0.15, 0.2) is 35.9 Å². The Kier molecular flexibility index (Phi) is 6.07. The molecule has 30 heavy (non-hydrogen) atoms. The minimum atomic E-state index is -0.581. The second kappa shape index (κ2) is 8.54. The number of methoxy groups -OCH3 is 3. The van der Waals surface area contributed by atoms with Gasteiger partial charge in [0.25, 0.3) is 11.8 Å². The van der Waals surface area contributed by atoms with Gasteiger partial charge in [-0.15, -0.1) is 0 Å². The number of aryl methyl sites for hydroxylation is 2. The molecule has 2 aromatic carbocycles. The first kappa shape index (κ1) is 21.3. The summed E-state index contributed by atoms with van der Waals surface area (Å²) in [5, 5.41) is 2.63. The molecule has 7 nitrogen and oxygen atoms in total. The Hall–Kier alpha value is -3.39. The van der Waals surface area contributed by atoms with E-state index in [0.29, 0.717) is 28.5 Å². The van der Waals surface area contributed by atoms with Crippen molar-refractivity contribution in [2.45, 2.75) is 13.8 Å². The molecule has 1 saturated heterocycles. The Morgan fingerprint density at radius 2 is 1.67 bits per heavy atom. The molecular formula is C22H22N2O5S. The number of rotatable bonds is 5. The van der Waals surface area contributed by atoms with E-state index in [2.05, 4.69) is 5.32 Å². The molecule has 3 rings (SSSR count). The van der Waals surface area contributed by atoms with E-state index in [-0.39, 0.29) is 10.7 Å². The molecule has 1 fully saturated rings. The van der Waals surface area contributed by atoms with Gasteiger partial charge in [0.15, 0.2) is 16.6 Å². The zero-order valence-corrected chi connectivity index (χ0v) is 18.2. The van der Waals surface area contributed by atoms with Crippen molar-refractivity contribution in [3.63, 3.8) is 0 Å². The number of hydrogen-bond donors (Lipinski definition) is 1. The van der Waals surface area contributed by atoms with Crippen LogP contribution < -0.4 is 24.4 Å². The van der Waals surface area contributed by atoms with E-state index < -0.39 is 11.8 Å². The lowest BCUT2D eigenvalue weighted by Crippen LogP contribution is -2.54. The molecule has 0 bridgehead atoms. The number of hydrogen-bond acceptors (Lipinski definition) is 6. The summed E-state index contributed by atoms with van der Waals surface area (Å²) in [6.07, 6.45) is 1.46. The summed E-state index contributed by atoms with van der Waals surface area (Å²) in [5.41, 5.74) is 2.95. The van der Waals surface area contributed by atoms with Crippen molar-refractivity contribution >= 4 is 40.9 Å². The molecule has 0 aromatic heterocycles. The number of anilines is 1. The molecule has 0 atom stereocenters. The van der Waals surface area contributed by atoms with Crippen LogP contribution in [0, 0.1) is 13.8 Å². The fourth-order valence-electron chi connectivity index (χ4n) is 3.33. The molecular weight excluding hydrogens is 404 g/mol. The number of carbonyl (C=O) groups excluding carboxylic acids is 2. The van der Waals surface area contributed by atoms with Crippen LogP contribution in [0.25, 0.3) is 6.08 Å². The molecule has 156 valence electrons. The Balaban J connectivity index is 2.11. The number of nitrogens with zero attached hydrogens (tertiary/aromatic N) is 1. The molecule has 1 aliphatic rings. The summed E-state index contributed by atoms with van der Waals surface area (Å²) in [7, 11) is 4.46. The summed E-state index contributed by atoms with van der Waals surface area (Å²) >= 11 is 5.28. The molecule has 2 amide bonds. The lowest BCUT2D eigenvalue weighted by Gasteiger charge is -2.30. The van der Waals surface area contributed by atoms with Crippen LogP contribution in [0.4, 0.5) is 5.69 Å². The maximum Gasteiger partial charge on any atom is 0.270 e. The fourth-order valence-corrected chi connectivity index (χ4v) is 3.60. The molecule has 0 aliphatic carbocycles. The predicted octanol–water partition coefficient (Wildman–Crippen LogP) is 3.16. The number of ether oxygens (including phenoxy) is 3. The highest BCUT2D eigenvalue weighted by Crippen LogP contribution is 2.41. The van der Waals surface area contributed by atoms with E-state index in [4.69, 9.17) is 26.4 Å². The minimum Gasteiger partial charge on any atom is -0.493 e. The number of carbonyl (C=O) groups is 2. The highest BCUT2D eigenvalue weighted by Gasteiger charge is 2.35. The van der Waals surface area contributed by atoms with Crippen molar-refractivity contribution in [2.75, 3.05) is 26.2 Å². The third kappa shape index (κ3) is 3.73. The molecule has 1 aliphatic heterocycles. The van der Waals surface area contributed by atoms with E-state index in [1.54, 1.807) is 18.2 Å². The van der Waals surface area contributed by atoms with Crippen LogP contribution in [-0.2, 0) is 9.59 Å². The van der Waals surface area contributed by atoms with Gasteiger partial charge in [-0.05, 0) is 55.9 Å². The first-order valence-corrected chi connectivity index (χ1v) is 9.50. The molecule has 1 heterocycles. The van der Waals surface area contributed by atoms with Gasteiger partial charge in [-0.25, -0.2) is 0 Å². The average Bonchev–Trinajstić information content (AvgIpc) is 2.71. The average molecular weight is 426 g/mol. The lowest BCUT2D eigenvalue weighted by atomic mass is 10.0. The molecule has 0 saturated carbocycles. The molecule has 0 radical (unpaired) electrons. The summed E-state index contributed by atoms with van der Waals surface area (Å²) in [6, 6.07) is 8.99. The van der Waals surface area contributed by atoms with Crippen molar-refractivity contribution in [3.8, 4) is 17.2 Å². The van der Waals surface area contributed by atoms with E-state index >= 15 is 0 Å². The van der Waals surface area contributed by atoms with Crippen LogP contribution >= 0.6 is 12.2 Å². The van der Waals surface area contributed by atoms with Gasteiger partial charge in [0.05, 0.1) is 27.0 Å². The van der Waals surface area contributed by atoms with Crippen molar-refractivity contribution in [1.29, 1.82) is 0 Å². The zero-order valence-electron chi connectivity index (χ0n) is 17.4. The highest BCUT2D eigenvalue weighted by atomic mass is 32.1. The molecule has 8 heteroatoms. The Bertz CT molecular complexity index is 1080. The van der Waals surface area contributed by atoms with Gasteiger partial charge < -0.3 is 14.2 Å².